The summed E-state index contributed by atoms with van der Waals surface area (Å²) in [6.45, 7) is 0.00917. The molecule has 0 aromatic rings. The first-order valence-electron chi connectivity index (χ1n) is 5.13. The van der Waals surface area contributed by atoms with E-state index in [1.807, 2.05) is 0 Å². The number of carbonyl (C=O) groups excluding carboxylic acids is 1. The van der Waals surface area contributed by atoms with Gasteiger partial charge in [-0.1, -0.05) is 12.2 Å². The highest BCUT2D eigenvalue weighted by molar-refractivity contribution is 7.80. The lowest BCUT2D eigenvalue weighted by Crippen LogP contribution is -2.48. The topological polar surface area (TPSA) is 72.4 Å². The molecule has 1 rings (SSSR count). The maximum absolute atomic E-state index is 12.6. The van der Waals surface area contributed by atoms with Crippen molar-refractivity contribution in [3.05, 3.63) is 0 Å². The number of alkyl halides is 3. The monoisotopic (exact) mass is 269 g/mol. The molecule has 0 spiro atoms. The summed E-state index contributed by atoms with van der Waals surface area (Å²) in [7, 11) is 0. The van der Waals surface area contributed by atoms with Crippen LogP contribution in [0.3, 0.4) is 0 Å². The molecule has 1 aliphatic rings. The molecule has 1 heterocycles. The quantitative estimate of drug-likeness (QED) is 0.725. The first-order chi connectivity index (χ1) is 7.73. The number of nitrogens with two attached hydrogens (primary N) is 2. The fraction of sp³-hybridized carbons (Fsp3) is 0.778. The van der Waals surface area contributed by atoms with E-state index in [0.29, 0.717) is 19.4 Å². The average molecular weight is 269 g/mol. The van der Waals surface area contributed by atoms with Gasteiger partial charge in [-0.25, -0.2) is 0 Å². The van der Waals surface area contributed by atoms with Crippen LogP contribution in [0.4, 0.5) is 13.2 Å². The first kappa shape index (κ1) is 14.2. The van der Waals surface area contributed by atoms with Gasteiger partial charge < -0.3 is 11.5 Å². The van der Waals surface area contributed by atoms with Gasteiger partial charge in [0.2, 0.25) is 5.91 Å². The molecule has 2 atom stereocenters. The molecule has 98 valence electrons. The molecule has 1 fully saturated rings. The van der Waals surface area contributed by atoms with Crippen LogP contribution in [0.5, 0.6) is 0 Å². The normalized spacial score (nSPS) is 23.6. The molecule has 0 radical (unpaired) electrons. The second-order valence-electron chi connectivity index (χ2n) is 4.05. The molecular formula is C9H14F3N3OS. The van der Waals surface area contributed by atoms with Gasteiger partial charge in [0.1, 0.15) is 5.92 Å². The number of nitrogens with zero attached hydrogens (tertiary/aromatic N) is 1. The minimum atomic E-state index is -4.49. The van der Waals surface area contributed by atoms with E-state index in [-0.39, 0.29) is 0 Å². The van der Waals surface area contributed by atoms with Crippen LogP contribution < -0.4 is 11.5 Å². The standard InChI is InChI=1S/C9H14F3N3OS/c10-9(11,12)5(8(14)17)4-15-3-1-2-6(15)7(13)16/h5-6H,1-4H2,(H2,13,16)(H2,14,17). The molecule has 1 saturated heterocycles. The van der Waals surface area contributed by atoms with Gasteiger partial charge in [0.15, 0.2) is 0 Å². The van der Waals surface area contributed by atoms with E-state index < -0.39 is 35.6 Å². The van der Waals surface area contributed by atoms with E-state index in [9.17, 15) is 18.0 Å². The second kappa shape index (κ2) is 5.18. The largest absolute Gasteiger partial charge is 0.399 e. The van der Waals surface area contributed by atoms with Crippen molar-refractivity contribution in [3.63, 3.8) is 0 Å². The summed E-state index contributed by atoms with van der Waals surface area (Å²) in [5.41, 5.74) is 10.2. The zero-order valence-electron chi connectivity index (χ0n) is 9.04. The number of amides is 1. The molecule has 1 amide bonds. The third-order valence-electron chi connectivity index (χ3n) is 2.85. The van der Waals surface area contributed by atoms with E-state index >= 15 is 0 Å². The number of rotatable bonds is 4. The Balaban J connectivity index is 2.74. The van der Waals surface area contributed by atoms with Crippen molar-refractivity contribution in [2.75, 3.05) is 13.1 Å². The van der Waals surface area contributed by atoms with Crippen molar-refractivity contribution in [1.29, 1.82) is 0 Å². The van der Waals surface area contributed by atoms with Crippen LogP contribution in [-0.2, 0) is 4.79 Å². The SMILES string of the molecule is NC(=O)C1CCCN1CC(C(N)=S)C(F)(F)F. The maximum atomic E-state index is 12.6. The Hall–Kier alpha value is -0.890. The summed E-state index contributed by atoms with van der Waals surface area (Å²) in [5, 5.41) is 0. The number of primary amides is 1. The Morgan fingerprint density at radius 3 is 2.47 bits per heavy atom. The van der Waals surface area contributed by atoms with Crippen LogP contribution in [0.2, 0.25) is 0 Å². The fourth-order valence-corrected chi connectivity index (χ4v) is 2.16. The fourth-order valence-electron chi connectivity index (χ4n) is 1.96. The number of thiocarbonyl (C=S) groups is 1. The van der Waals surface area contributed by atoms with Crippen LogP contribution in [0.15, 0.2) is 0 Å². The van der Waals surface area contributed by atoms with Gasteiger partial charge in [-0.2, -0.15) is 13.2 Å². The lowest BCUT2D eigenvalue weighted by Gasteiger charge is -2.27. The van der Waals surface area contributed by atoms with Crippen molar-refractivity contribution >= 4 is 23.1 Å². The summed E-state index contributed by atoms with van der Waals surface area (Å²) < 4.78 is 37.9. The Kier molecular flexibility index (Phi) is 4.31. The molecular weight excluding hydrogens is 255 g/mol. The Bertz CT molecular complexity index is 321. The summed E-state index contributed by atoms with van der Waals surface area (Å²) in [4.78, 5) is 11.8. The molecule has 0 aromatic heterocycles. The number of hydrogen-bond acceptors (Lipinski definition) is 3. The highest BCUT2D eigenvalue weighted by Crippen LogP contribution is 2.29. The number of hydrogen-bond donors (Lipinski definition) is 2. The van der Waals surface area contributed by atoms with E-state index in [2.05, 4.69) is 12.2 Å². The van der Waals surface area contributed by atoms with Gasteiger partial charge in [0.25, 0.3) is 0 Å². The lowest BCUT2D eigenvalue weighted by atomic mass is 10.1. The molecule has 17 heavy (non-hydrogen) atoms. The summed E-state index contributed by atoms with van der Waals surface area (Å²) >= 11 is 4.42. The number of likely N-dealkylation sites (tertiary alicyclic amines) is 1. The predicted molar refractivity (Wildman–Crippen MR) is 60.1 cm³/mol. The van der Waals surface area contributed by atoms with Crippen molar-refractivity contribution in [3.8, 4) is 0 Å². The van der Waals surface area contributed by atoms with Gasteiger partial charge in [-0.15, -0.1) is 0 Å². The van der Waals surface area contributed by atoms with E-state index in [1.54, 1.807) is 0 Å². The molecule has 0 aliphatic carbocycles. The first-order valence-corrected chi connectivity index (χ1v) is 5.53. The number of halogens is 3. The molecule has 2 unspecified atom stereocenters. The van der Waals surface area contributed by atoms with Crippen LogP contribution in [0, 0.1) is 5.92 Å². The van der Waals surface area contributed by atoms with E-state index in [0.717, 1.165) is 0 Å². The predicted octanol–water partition coefficient (Wildman–Crippen LogP) is 0.401. The zero-order valence-corrected chi connectivity index (χ0v) is 9.85. The summed E-state index contributed by atoms with van der Waals surface area (Å²) in [6, 6.07) is -0.644. The van der Waals surface area contributed by atoms with Crippen molar-refractivity contribution in [2.45, 2.75) is 25.1 Å². The molecule has 0 bridgehead atoms. The highest BCUT2D eigenvalue weighted by atomic mass is 32.1. The van der Waals surface area contributed by atoms with Gasteiger partial charge in [-0.05, 0) is 19.4 Å². The van der Waals surface area contributed by atoms with E-state index in [1.165, 1.54) is 4.90 Å². The molecule has 1 aliphatic heterocycles. The van der Waals surface area contributed by atoms with Gasteiger partial charge >= 0.3 is 6.18 Å². The lowest BCUT2D eigenvalue weighted by molar-refractivity contribution is -0.160. The molecule has 8 heteroatoms. The second-order valence-corrected chi connectivity index (χ2v) is 4.52. The van der Waals surface area contributed by atoms with E-state index in [4.69, 9.17) is 11.5 Å². The van der Waals surface area contributed by atoms with Crippen molar-refractivity contribution in [2.24, 2.45) is 17.4 Å². The van der Waals surface area contributed by atoms with Crippen molar-refractivity contribution < 1.29 is 18.0 Å². The maximum Gasteiger partial charge on any atom is 0.399 e. The third-order valence-corrected chi connectivity index (χ3v) is 3.13. The highest BCUT2D eigenvalue weighted by Gasteiger charge is 2.44. The van der Waals surface area contributed by atoms with Gasteiger partial charge in [0.05, 0.1) is 11.0 Å². The molecule has 0 saturated carbocycles. The van der Waals surface area contributed by atoms with Crippen molar-refractivity contribution in [1.82, 2.24) is 4.90 Å². The van der Waals surface area contributed by atoms with Crippen LogP contribution in [0.1, 0.15) is 12.8 Å². The van der Waals surface area contributed by atoms with Crippen LogP contribution in [-0.4, -0.2) is 41.1 Å². The molecule has 4 N–H and O–H groups in total. The summed E-state index contributed by atoms with van der Waals surface area (Å²) in [5.74, 6) is -2.50. The third kappa shape index (κ3) is 3.53. The zero-order chi connectivity index (χ0) is 13.2. The Morgan fingerprint density at radius 2 is 2.06 bits per heavy atom. The van der Waals surface area contributed by atoms with Gasteiger partial charge in [-0.3, -0.25) is 9.69 Å². The minimum absolute atomic E-state index is 0.396. The Labute approximate surface area is 102 Å². The van der Waals surface area contributed by atoms with Crippen LogP contribution in [0.25, 0.3) is 0 Å². The molecule has 0 aromatic carbocycles. The smallest absolute Gasteiger partial charge is 0.393 e. The summed E-state index contributed by atoms with van der Waals surface area (Å²) in [6.07, 6.45) is -3.36. The molecule has 4 nitrogen and oxygen atoms in total. The van der Waals surface area contributed by atoms with Crippen LogP contribution >= 0.6 is 12.2 Å². The average Bonchev–Trinajstić information content (AvgIpc) is 2.59. The van der Waals surface area contributed by atoms with Gasteiger partial charge in [0, 0.05) is 6.54 Å². The number of carbonyl (C=O) groups is 1. The minimum Gasteiger partial charge on any atom is -0.393 e. The Morgan fingerprint density at radius 1 is 1.47 bits per heavy atom.